The first-order chi connectivity index (χ1) is 7.31. The fraction of sp³-hybridized carbons (Fsp3) is 0.231. The van der Waals surface area contributed by atoms with Crippen LogP contribution in [0.5, 0.6) is 0 Å². The van der Waals surface area contributed by atoms with Crippen LogP contribution in [0.15, 0.2) is 47.1 Å². The van der Waals surface area contributed by atoms with Crippen LogP contribution in [0.2, 0.25) is 0 Å². The molecule has 0 amide bonds. The predicted octanol–water partition coefficient (Wildman–Crippen LogP) is 3.36. The third-order valence-electron chi connectivity index (χ3n) is 2.58. The van der Waals surface area contributed by atoms with E-state index in [0.717, 1.165) is 17.7 Å². The van der Waals surface area contributed by atoms with Gasteiger partial charge in [-0.2, -0.15) is 0 Å². The molecule has 1 aromatic heterocycles. The first-order valence-electron chi connectivity index (χ1n) is 5.20. The smallest absolute Gasteiger partial charge is 0.133 e. The van der Waals surface area contributed by atoms with Gasteiger partial charge in [-0.1, -0.05) is 31.2 Å². The molecule has 2 rings (SSSR count). The zero-order valence-electron chi connectivity index (χ0n) is 8.81. The standard InChI is InChI=1S/C13H15NO/c1-2-12(14)10-5-7-11(8-6-10)13-4-3-9-15-13/h3-9,12H,2,14H2,1H3. The molecular weight excluding hydrogens is 186 g/mol. The lowest BCUT2D eigenvalue weighted by Gasteiger charge is -2.08. The Morgan fingerprint density at radius 2 is 1.93 bits per heavy atom. The molecule has 2 heteroatoms. The van der Waals surface area contributed by atoms with Gasteiger partial charge < -0.3 is 10.2 Å². The van der Waals surface area contributed by atoms with Crippen LogP contribution in [0, 0.1) is 0 Å². The van der Waals surface area contributed by atoms with E-state index in [1.165, 1.54) is 5.56 Å². The highest BCUT2D eigenvalue weighted by Crippen LogP contribution is 2.22. The number of hydrogen-bond acceptors (Lipinski definition) is 2. The monoisotopic (exact) mass is 201 g/mol. The maximum Gasteiger partial charge on any atom is 0.133 e. The van der Waals surface area contributed by atoms with E-state index in [1.807, 2.05) is 24.3 Å². The van der Waals surface area contributed by atoms with Gasteiger partial charge in [-0.25, -0.2) is 0 Å². The molecule has 1 unspecified atom stereocenters. The van der Waals surface area contributed by atoms with Crippen molar-refractivity contribution in [3.8, 4) is 11.3 Å². The van der Waals surface area contributed by atoms with Gasteiger partial charge in [-0.3, -0.25) is 0 Å². The molecule has 0 saturated heterocycles. The van der Waals surface area contributed by atoms with Crippen LogP contribution >= 0.6 is 0 Å². The number of furan rings is 1. The molecule has 0 aliphatic rings. The zero-order chi connectivity index (χ0) is 10.7. The summed E-state index contributed by atoms with van der Waals surface area (Å²) in [4.78, 5) is 0. The third kappa shape index (κ3) is 2.10. The second-order valence-corrected chi connectivity index (χ2v) is 3.61. The van der Waals surface area contributed by atoms with Gasteiger partial charge in [0.15, 0.2) is 0 Å². The highest BCUT2D eigenvalue weighted by Gasteiger charge is 2.04. The molecule has 1 heterocycles. The largest absolute Gasteiger partial charge is 0.464 e. The number of benzene rings is 1. The summed E-state index contributed by atoms with van der Waals surface area (Å²) in [7, 11) is 0. The maximum absolute atomic E-state index is 5.94. The fourth-order valence-electron chi connectivity index (χ4n) is 1.57. The molecule has 1 aromatic carbocycles. The molecule has 0 radical (unpaired) electrons. The van der Waals surface area contributed by atoms with E-state index in [0.29, 0.717) is 0 Å². The SMILES string of the molecule is CCC(N)c1ccc(-c2ccco2)cc1. The molecule has 0 fully saturated rings. The molecule has 78 valence electrons. The molecule has 0 spiro atoms. The minimum Gasteiger partial charge on any atom is -0.464 e. The Bertz CT molecular complexity index is 403. The van der Waals surface area contributed by atoms with Gasteiger partial charge in [0.25, 0.3) is 0 Å². The molecule has 2 nitrogen and oxygen atoms in total. The maximum atomic E-state index is 5.94. The minimum atomic E-state index is 0.135. The zero-order valence-corrected chi connectivity index (χ0v) is 8.81. The van der Waals surface area contributed by atoms with E-state index in [-0.39, 0.29) is 6.04 Å². The average molecular weight is 201 g/mol. The lowest BCUT2D eigenvalue weighted by molar-refractivity contribution is 0.582. The summed E-state index contributed by atoms with van der Waals surface area (Å²) in [6.07, 6.45) is 2.64. The Morgan fingerprint density at radius 3 is 2.47 bits per heavy atom. The van der Waals surface area contributed by atoms with E-state index >= 15 is 0 Å². The van der Waals surface area contributed by atoms with Crippen molar-refractivity contribution in [1.82, 2.24) is 0 Å². The van der Waals surface area contributed by atoms with Crippen molar-refractivity contribution in [3.05, 3.63) is 48.2 Å². The van der Waals surface area contributed by atoms with Gasteiger partial charge in [-0.05, 0) is 24.1 Å². The highest BCUT2D eigenvalue weighted by atomic mass is 16.3. The second-order valence-electron chi connectivity index (χ2n) is 3.61. The summed E-state index contributed by atoms with van der Waals surface area (Å²) in [5.74, 6) is 0.895. The van der Waals surface area contributed by atoms with E-state index in [4.69, 9.17) is 10.2 Å². The summed E-state index contributed by atoms with van der Waals surface area (Å²) in [6.45, 7) is 2.09. The summed E-state index contributed by atoms with van der Waals surface area (Å²) in [5, 5.41) is 0. The quantitative estimate of drug-likeness (QED) is 0.827. The van der Waals surface area contributed by atoms with Crippen LogP contribution in [0.25, 0.3) is 11.3 Å². The first-order valence-corrected chi connectivity index (χ1v) is 5.20. The number of hydrogen-bond donors (Lipinski definition) is 1. The van der Waals surface area contributed by atoms with Crippen molar-refractivity contribution in [2.45, 2.75) is 19.4 Å². The molecule has 0 bridgehead atoms. The lowest BCUT2D eigenvalue weighted by Crippen LogP contribution is -2.07. The molecule has 0 saturated carbocycles. The molecular formula is C13H15NO. The number of nitrogens with two attached hydrogens (primary N) is 1. The van der Waals surface area contributed by atoms with E-state index in [9.17, 15) is 0 Å². The van der Waals surface area contributed by atoms with Crippen LogP contribution in [0.4, 0.5) is 0 Å². The van der Waals surface area contributed by atoms with Crippen molar-refractivity contribution in [2.24, 2.45) is 5.73 Å². The Hall–Kier alpha value is -1.54. The van der Waals surface area contributed by atoms with E-state index in [1.54, 1.807) is 6.26 Å². The van der Waals surface area contributed by atoms with Crippen molar-refractivity contribution < 1.29 is 4.42 Å². The van der Waals surface area contributed by atoms with Crippen LogP contribution in [-0.4, -0.2) is 0 Å². The van der Waals surface area contributed by atoms with Crippen molar-refractivity contribution in [3.63, 3.8) is 0 Å². The van der Waals surface area contributed by atoms with Gasteiger partial charge >= 0.3 is 0 Å². The highest BCUT2D eigenvalue weighted by molar-refractivity contribution is 5.57. The molecule has 2 aromatic rings. The van der Waals surface area contributed by atoms with Crippen molar-refractivity contribution >= 4 is 0 Å². The summed E-state index contributed by atoms with van der Waals surface area (Å²) >= 11 is 0. The topological polar surface area (TPSA) is 39.2 Å². The summed E-state index contributed by atoms with van der Waals surface area (Å²) in [5.41, 5.74) is 8.20. The molecule has 0 aliphatic heterocycles. The van der Waals surface area contributed by atoms with Gasteiger partial charge in [0.2, 0.25) is 0 Å². The molecule has 2 N–H and O–H groups in total. The fourth-order valence-corrected chi connectivity index (χ4v) is 1.57. The Labute approximate surface area is 89.7 Å². The van der Waals surface area contributed by atoms with E-state index < -0.39 is 0 Å². The predicted molar refractivity (Wildman–Crippen MR) is 61.4 cm³/mol. The van der Waals surface area contributed by atoms with Crippen molar-refractivity contribution in [2.75, 3.05) is 0 Å². The summed E-state index contributed by atoms with van der Waals surface area (Å²) in [6, 6.07) is 12.2. The summed E-state index contributed by atoms with van der Waals surface area (Å²) < 4.78 is 5.31. The van der Waals surface area contributed by atoms with Gasteiger partial charge in [0.1, 0.15) is 5.76 Å². The Balaban J connectivity index is 2.25. The molecule has 0 aliphatic carbocycles. The second kappa shape index (κ2) is 4.32. The van der Waals surface area contributed by atoms with Crippen LogP contribution in [0.1, 0.15) is 24.9 Å². The normalized spacial score (nSPS) is 12.7. The third-order valence-corrected chi connectivity index (χ3v) is 2.58. The van der Waals surface area contributed by atoms with Crippen LogP contribution < -0.4 is 5.73 Å². The molecule has 1 atom stereocenters. The Kier molecular flexibility index (Phi) is 2.88. The van der Waals surface area contributed by atoms with Crippen molar-refractivity contribution in [1.29, 1.82) is 0 Å². The molecule has 15 heavy (non-hydrogen) atoms. The minimum absolute atomic E-state index is 0.135. The average Bonchev–Trinajstić information content (AvgIpc) is 2.82. The van der Waals surface area contributed by atoms with Gasteiger partial charge in [-0.15, -0.1) is 0 Å². The van der Waals surface area contributed by atoms with Gasteiger partial charge in [0.05, 0.1) is 6.26 Å². The first kappa shape index (κ1) is 9.99. The van der Waals surface area contributed by atoms with Gasteiger partial charge in [0, 0.05) is 11.6 Å². The Morgan fingerprint density at radius 1 is 1.20 bits per heavy atom. The number of rotatable bonds is 3. The van der Waals surface area contributed by atoms with Crippen LogP contribution in [0.3, 0.4) is 0 Å². The van der Waals surface area contributed by atoms with Crippen LogP contribution in [-0.2, 0) is 0 Å². The van der Waals surface area contributed by atoms with E-state index in [2.05, 4.69) is 19.1 Å². The lowest BCUT2D eigenvalue weighted by atomic mass is 10.0.